The lowest BCUT2D eigenvalue weighted by molar-refractivity contribution is -0.385. The third kappa shape index (κ3) is 4.55. The van der Waals surface area contributed by atoms with Crippen LogP contribution in [0.15, 0.2) is 48.8 Å². The van der Waals surface area contributed by atoms with Crippen LogP contribution >= 0.6 is 11.3 Å². The second-order valence-electron chi connectivity index (χ2n) is 7.37. The molecule has 1 atom stereocenters. The molecule has 180 valence electrons. The Balaban J connectivity index is 1.87. The standard InChI is InChI=1S/C21H15F3N6O4S/c1-10(29-9-12(8-26-29)30(33)34)19(32)28-16-15-13(11-5-3-2-4-6-11)7-14(21(22,23)24)27-20(15)35-17(16)18(25)31/h2-10H,1H3,(H2,25,31)(H,28,32). The maximum absolute atomic E-state index is 13.6. The van der Waals surface area contributed by atoms with Gasteiger partial charge in [0.1, 0.15) is 33.8 Å². The largest absolute Gasteiger partial charge is 0.433 e. The molecule has 10 nitrogen and oxygen atoms in total. The molecule has 1 aromatic carbocycles. The van der Waals surface area contributed by atoms with Gasteiger partial charge in [-0.25, -0.2) is 4.98 Å². The fourth-order valence-electron chi connectivity index (χ4n) is 3.36. The van der Waals surface area contributed by atoms with E-state index in [9.17, 15) is 32.9 Å². The fourth-order valence-corrected chi connectivity index (χ4v) is 4.37. The van der Waals surface area contributed by atoms with E-state index in [4.69, 9.17) is 5.73 Å². The molecule has 0 spiro atoms. The first-order valence-electron chi connectivity index (χ1n) is 9.86. The first kappa shape index (κ1) is 23.8. The van der Waals surface area contributed by atoms with Crippen LogP contribution in [0, 0.1) is 10.1 Å². The maximum Gasteiger partial charge on any atom is 0.433 e. The van der Waals surface area contributed by atoms with Crippen molar-refractivity contribution in [2.75, 3.05) is 5.32 Å². The number of alkyl halides is 3. The zero-order valence-electron chi connectivity index (χ0n) is 17.7. The summed E-state index contributed by atoms with van der Waals surface area (Å²) in [6, 6.07) is 7.86. The topological polar surface area (TPSA) is 146 Å². The molecule has 35 heavy (non-hydrogen) atoms. The van der Waals surface area contributed by atoms with Crippen molar-refractivity contribution >= 4 is 44.7 Å². The van der Waals surface area contributed by atoms with Gasteiger partial charge >= 0.3 is 11.9 Å². The van der Waals surface area contributed by atoms with Crippen molar-refractivity contribution in [2.45, 2.75) is 19.1 Å². The van der Waals surface area contributed by atoms with Crippen LogP contribution in [0.1, 0.15) is 28.3 Å². The van der Waals surface area contributed by atoms with Gasteiger partial charge in [-0.2, -0.15) is 18.3 Å². The van der Waals surface area contributed by atoms with E-state index in [1.54, 1.807) is 30.3 Å². The van der Waals surface area contributed by atoms with Crippen molar-refractivity contribution in [1.29, 1.82) is 0 Å². The number of nitro groups is 1. The number of hydrogen-bond donors (Lipinski definition) is 2. The van der Waals surface area contributed by atoms with Crippen LogP contribution in [0.4, 0.5) is 24.5 Å². The highest BCUT2D eigenvalue weighted by atomic mass is 32.1. The molecule has 3 N–H and O–H groups in total. The van der Waals surface area contributed by atoms with Gasteiger partial charge < -0.3 is 11.1 Å². The van der Waals surface area contributed by atoms with E-state index < -0.39 is 34.6 Å². The number of nitrogens with two attached hydrogens (primary N) is 1. The highest BCUT2D eigenvalue weighted by molar-refractivity contribution is 7.21. The Bertz CT molecular complexity index is 1470. The van der Waals surface area contributed by atoms with Gasteiger partial charge in [0.05, 0.1) is 10.6 Å². The van der Waals surface area contributed by atoms with Crippen LogP contribution < -0.4 is 11.1 Å². The van der Waals surface area contributed by atoms with Crippen molar-refractivity contribution in [1.82, 2.24) is 14.8 Å². The quantitative estimate of drug-likeness (QED) is 0.294. The predicted octanol–water partition coefficient (Wildman–Crippen LogP) is 4.39. The van der Waals surface area contributed by atoms with E-state index in [0.717, 1.165) is 23.1 Å². The van der Waals surface area contributed by atoms with Crippen molar-refractivity contribution in [3.05, 3.63) is 69.5 Å². The molecule has 0 fully saturated rings. The van der Waals surface area contributed by atoms with Gasteiger partial charge in [-0.1, -0.05) is 30.3 Å². The minimum absolute atomic E-state index is 0.0874. The van der Waals surface area contributed by atoms with Gasteiger partial charge in [-0.05, 0) is 24.1 Å². The van der Waals surface area contributed by atoms with Crippen molar-refractivity contribution in [3.8, 4) is 11.1 Å². The number of pyridine rings is 1. The number of benzene rings is 1. The highest BCUT2D eigenvalue weighted by Crippen LogP contribution is 2.43. The number of aromatic nitrogens is 3. The molecule has 3 heterocycles. The lowest BCUT2D eigenvalue weighted by Crippen LogP contribution is -2.25. The molecule has 0 saturated carbocycles. The minimum Gasteiger partial charge on any atom is -0.365 e. The van der Waals surface area contributed by atoms with Gasteiger partial charge in [0, 0.05) is 5.39 Å². The summed E-state index contributed by atoms with van der Waals surface area (Å²) in [5.74, 6) is -1.71. The number of hydrogen-bond acceptors (Lipinski definition) is 7. The SMILES string of the molecule is CC(C(=O)Nc1c(C(N)=O)sc2nc(C(F)(F)F)cc(-c3ccccc3)c12)n1cc([N+](=O)[O-])cn1. The van der Waals surface area contributed by atoms with E-state index in [0.29, 0.717) is 16.9 Å². The molecule has 0 aliphatic carbocycles. The zero-order valence-corrected chi connectivity index (χ0v) is 18.6. The number of thiophene rings is 1. The summed E-state index contributed by atoms with van der Waals surface area (Å²) < 4.78 is 41.7. The molecule has 3 aromatic heterocycles. The Morgan fingerprint density at radius 3 is 2.51 bits per heavy atom. The number of nitrogens with zero attached hydrogens (tertiary/aromatic N) is 4. The number of amides is 2. The van der Waals surface area contributed by atoms with Gasteiger partial charge in [0.25, 0.3) is 5.91 Å². The van der Waals surface area contributed by atoms with Crippen LogP contribution in [-0.2, 0) is 11.0 Å². The number of rotatable bonds is 6. The summed E-state index contributed by atoms with van der Waals surface area (Å²) in [5, 5.41) is 17.4. The molecule has 0 aliphatic rings. The average molecular weight is 504 g/mol. The highest BCUT2D eigenvalue weighted by Gasteiger charge is 2.35. The maximum atomic E-state index is 13.6. The van der Waals surface area contributed by atoms with E-state index in [-0.39, 0.29) is 32.0 Å². The average Bonchev–Trinajstić information content (AvgIpc) is 3.44. The van der Waals surface area contributed by atoms with E-state index in [1.165, 1.54) is 6.92 Å². The lowest BCUT2D eigenvalue weighted by atomic mass is 10.0. The van der Waals surface area contributed by atoms with Gasteiger partial charge in [0.15, 0.2) is 0 Å². The second-order valence-corrected chi connectivity index (χ2v) is 8.37. The Kier molecular flexibility index (Phi) is 5.98. The summed E-state index contributed by atoms with van der Waals surface area (Å²) in [6.07, 6.45) is -2.74. The van der Waals surface area contributed by atoms with Gasteiger partial charge in [-0.3, -0.25) is 24.4 Å². The van der Waals surface area contributed by atoms with Gasteiger partial charge in [-0.15, -0.1) is 11.3 Å². The second kappa shape index (κ2) is 8.79. The van der Waals surface area contributed by atoms with Crippen molar-refractivity contribution < 1.29 is 27.7 Å². The van der Waals surface area contributed by atoms with Crippen molar-refractivity contribution in [3.63, 3.8) is 0 Å². The fraction of sp³-hybridized carbons (Fsp3) is 0.143. The molecular weight excluding hydrogens is 489 g/mol. The first-order valence-corrected chi connectivity index (χ1v) is 10.7. The number of anilines is 1. The molecule has 4 aromatic rings. The van der Waals surface area contributed by atoms with Gasteiger partial charge in [0.2, 0.25) is 5.91 Å². The van der Waals surface area contributed by atoms with Crippen LogP contribution in [-0.4, -0.2) is 31.5 Å². The minimum atomic E-state index is -4.76. The molecule has 4 rings (SSSR count). The molecule has 2 amide bonds. The number of nitrogens with one attached hydrogen (secondary N) is 1. The third-order valence-electron chi connectivity index (χ3n) is 5.08. The summed E-state index contributed by atoms with van der Waals surface area (Å²) in [5.41, 5.74) is 4.34. The molecule has 0 bridgehead atoms. The monoisotopic (exact) mass is 504 g/mol. The molecule has 14 heteroatoms. The number of halogens is 3. The van der Waals surface area contributed by atoms with E-state index >= 15 is 0 Å². The van der Waals surface area contributed by atoms with E-state index in [2.05, 4.69) is 15.4 Å². The zero-order chi connectivity index (χ0) is 25.5. The Labute approximate surface area is 198 Å². The normalized spacial score (nSPS) is 12.5. The van der Waals surface area contributed by atoms with Crippen LogP contribution in [0.2, 0.25) is 0 Å². The Morgan fingerprint density at radius 2 is 1.94 bits per heavy atom. The summed E-state index contributed by atoms with van der Waals surface area (Å²) in [7, 11) is 0. The number of fused-ring (bicyclic) bond motifs is 1. The van der Waals surface area contributed by atoms with Crippen molar-refractivity contribution in [2.24, 2.45) is 5.73 Å². The first-order chi connectivity index (χ1) is 16.5. The number of primary amides is 1. The number of carbonyl (C=O) groups is 2. The summed E-state index contributed by atoms with van der Waals surface area (Å²) >= 11 is 0.617. The van der Waals surface area contributed by atoms with Crippen LogP contribution in [0.5, 0.6) is 0 Å². The van der Waals surface area contributed by atoms with E-state index in [1.807, 2.05) is 0 Å². The third-order valence-corrected chi connectivity index (χ3v) is 6.18. The molecular formula is C21H15F3N6O4S. The smallest absolute Gasteiger partial charge is 0.365 e. The lowest BCUT2D eigenvalue weighted by Gasteiger charge is -2.15. The molecule has 0 radical (unpaired) electrons. The Hall–Kier alpha value is -4.33. The molecule has 0 saturated heterocycles. The molecule has 0 aliphatic heterocycles. The summed E-state index contributed by atoms with van der Waals surface area (Å²) in [6.45, 7) is 1.41. The molecule has 1 unspecified atom stereocenters. The van der Waals surface area contributed by atoms with Crippen LogP contribution in [0.3, 0.4) is 0 Å². The predicted molar refractivity (Wildman–Crippen MR) is 121 cm³/mol. The number of carbonyl (C=O) groups excluding carboxylic acids is 2. The summed E-state index contributed by atoms with van der Waals surface area (Å²) in [4.78, 5) is 38.7. The van der Waals surface area contributed by atoms with Crippen LogP contribution in [0.25, 0.3) is 21.3 Å². The Morgan fingerprint density at radius 1 is 1.26 bits per heavy atom.